The topological polar surface area (TPSA) is 84.4 Å². The number of amides is 1. The van der Waals surface area contributed by atoms with Crippen molar-refractivity contribution in [2.75, 3.05) is 5.32 Å². The maximum Gasteiger partial charge on any atom is 0.257 e. The Labute approximate surface area is 222 Å². The predicted molar refractivity (Wildman–Crippen MR) is 140 cm³/mol. The maximum atomic E-state index is 15.1. The van der Waals surface area contributed by atoms with E-state index in [2.05, 4.69) is 15.5 Å². The average Bonchev–Trinajstić information content (AvgIpc) is 3.52. The SMILES string of the molecule is CCc1c(C(O)(c2ccccc2F)c2ccccc2F)nn2cc(Cl)c(C(=O)Nc3cnn(CC)c3)cc12. The molecule has 0 aliphatic carbocycles. The zero-order valence-electron chi connectivity index (χ0n) is 20.6. The lowest BCUT2D eigenvalue weighted by Crippen LogP contribution is -2.33. The highest BCUT2D eigenvalue weighted by atomic mass is 35.5. The van der Waals surface area contributed by atoms with Crippen molar-refractivity contribution in [1.82, 2.24) is 19.4 Å². The van der Waals surface area contributed by atoms with Crippen LogP contribution in [0, 0.1) is 11.6 Å². The molecule has 1 amide bonds. The number of rotatable bonds is 7. The summed E-state index contributed by atoms with van der Waals surface area (Å²) >= 11 is 6.48. The van der Waals surface area contributed by atoms with E-state index in [1.54, 1.807) is 29.1 Å². The number of carbonyl (C=O) groups excluding carboxylic acids is 1. The molecule has 0 bridgehead atoms. The monoisotopic (exact) mass is 535 g/mol. The summed E-state index contributed by atoms with van der Waals surface area (Å²) in [6, 6.07) is 12.8. The van der Waals surface area contributed by atoms with Crippen molar-refractivity contribution >= 4 is 28.7 Å². The van der Waals surface area contributed by atoms with Crippen molar-refractivity contribution in [2.45, 2.75) is 32.4 Å². The normalized spacial score (nSPS) is 11.7. The Morgan fingerprint density at radius 1 is 1.05 bits per heavy atom. The van der Waals surface area contributed by atoms with Crippen molar-refractivity contribution < 1.29 is 18.7 Å². The zero-order valence-corrected chi connectivity index (χ0v) is 21.4. The highest BCUT2D eigenvalue weighted by Gasteiger charge is 2.42. The van der Waals surface area contributed by atoms with Crippen LogP contribution in [-0.4, -0.2) is 30.4 Å². The van der Waals surface area contributed by atoms with E-state index in [1.807, 2.05) is 13.8 Å². The lowest BCUT2D eigenvalue weighted by atomic mass is 9.80. The van der Waals surface area contributed by atoms with E-state index in [4.69, 9.17) is 11.6 Å². The molecule has 5 aromatic rings. The third-order valence-electron chi connectivity index (χ3n) is 6.51. The summed E-state index contributed by atoms with van der Waals surface area (Å²) in [6.45, 7) is 4.40. The summed E-state index contributed by atoms with van der Waals surface area (Å²) in [4.78, 5) is 13.1. The van der Waals surface area contributed by atoms with Gasteiger partial charge in [0.15, 0.2) is 5.60 Å². The Morgan fingerprint density at radius 2 is 1.68 bits per heavy atom. The summed E-state index contributed by atoms with van der Waals surface area (Å²) in [5.41, 5.74) is -0.891. The molecule has 38 heavy (non-hydrogen) atoms. The number of aromatic nitrogens is 4. The largest absolute Gasteiger partial charge is 0.374 e. The second kappa shape index (κ2) is 10.00. The van der Waals surface area contributed by atoms with Crippen LogP contribution < -0.4 is 5.32 Å². The first-order chi connectivity index (χ1) is 18.3. The number of pyridine rings is 1. The summed E-state index contributed by atoms with van der Waals surface area (Å²) < 4.78 is 33.4. The number of aliphatic hydroxyl groups is 1. The molecule has 7 nitrogen and oxygen atoms in total. The Kier molecular flexibility index (Phi) is 6.73. The third-order valence-corrected chi connectivity index (χ3v) is 6.81. The van der Waals surface area contributed by atoms with Gasteiger partial charge in [0.1, 0.15) is 17.3 Å². The van der Waals surface area contributed by atoms with E-state index in [1.165, 1.54) is 53.3 Å². The van der Waals surface area contributed by atoms with Gasteiger partial charge in [-0.3, -0.25) is 9.48 Å². The van der Waals surface area contributed by atoms with E-state index < -0.39 is 23.1 Å². The van der Waals surface area contributed by atoms with Crippen LogP contribution in [0.5, 0.6) is 0 Å². The number of benzene rings is 2. The van der Waals surface area contributed by atoms with E-state index in [0.29, 0.717) is 29.7 Å². The Morgan fingerprint density at radius 3 is 2.24 bits per heavy atom. The second-order valence-corrected chi connectivity index (χ2v) is 9.16. The fourth-order valence-electron chi connectivity index (χ4n) is 4.64. The van der Waals surface area contributed by atoms with Crippen molar-refractivity contribution in [3.05, 3.63) is 118 Å². The third kappa shape index (κ3) is 4.23. The van der Waals surface area contributed by atoms with Gasteiger partial charge in [-0.25, -0.2) is 13.3 Å². The smallest absolute Gasteiger partial charge is 0.257 e. The molecule has 2 N–H and O–H groups in total. The van der Waals surface area contributed by atoms with Crippen LogP contribution in [0.25, 0.3) is 5.52 Å². The number of anilines is 1. The number of halogens is 3. The average molecular weight is 536 g/mol. The molecule has 0 atom stereocenters. The first-order valence-electron chi connectivity index (χ1n) is 12.0. The zero-order chi connectivity index (χ0) is 27.0. The van der Waals surface area contributed by atoms with Crippen LogP contribution in [0.15, 0.2) is 73.2 Å². The first-order valence-corrected chi connectivity index (χ1v) is 12.4. The van der Waals surface area contributed by atoms with Crippen LogP contribution in [0.4, 0.5) is 14.5 Å². The van der Waals surface area contributed by atoms with Gasteiger partial charge in [0.25, 0.3) is 5.91 Å². The van der Waals surface area contributed by atoms with Crippen molar-refractivity contribution in [3.63, 3.8) is 0 Å². The number of nitrogens with one attached hydrogen (secondary N) is 1. The molecule has 3 heterocycles. The molecule has 0 fully saturated rings. The standard InChI is InChI=1S/C28H24ClF2N5O2/c1-3-18-25-13-19(27(37)33-17-14-32-35(4-2)15-17)22(29)16-36(25)34-26(18)28(38,20-9-5-7-11-23(20)30)21-10-6-8-12-24(21)31/h5-16,38H,3-4H2,1-2H3,(H,33,37). The van der Waals surface area contributed by atoms with Gasteiger partial charge in [-0.15, -0.1) is 0 Å². The molecule has 0 spiro atoms. The van der Waals surface area contributed by atoms with Gasteiger partial charge in [-0.1, -0.05) is 54.9 Å². The molecular formula is C28H24ClF2N5O2. The lowest BCUT2D eigenvalue weighted by Gasteiger charge is -2.29. The summed E-state index contributed by atoms with van der Waals surface area (Å²) in [7, 11) is 0. The molecule has 0 saturated carbocycles. The second-order valence-electron chi connectivity index (χ2n) is 8.75. The van der Waals surface area contributed by atoms with Crippen molar-refractivity contribution in [3.8, 4) is 0 Å². The predicted octanol–water partition coefficient (Wildman–Crippen LogP) is 5.58. The Hall–Kier alpha value is -4.08. The number of fused-ring (bicyclic) bond motifs is 1. The number of hydrogen-bond donors (Lipinski definition) is 2. The van der Waals surface area contributed by atoms with E-state index in [9.17, 15) is 9.90 Å². The van der Waals surface area contributed by atoms with Gasteiger partial charge in [-0.2, -0.15) is 10.2 Å². The number of carbonyl (C=O) groups is 1. The summed E-state index contributed by atoms with van der Waals surface area (Å²) in [6.07, 6.45) is 5.01. The quantitative estimate of drug-likeness (QED) is 0.285. The number of nitrogens with zero attached hydrogens (tertiary/aromatic N) is 4. The van der Waals surface area contributed by atoms with Crippen molar-refractivity contribution in [1.29, 1.82) is 0 Å². The van der Waals surface area contributed by atoms with Crippen LogP contribution in [0.3, 0.4) is 0 Å². The van der Waals surface area contributed by atoms with Crippen LogP contribution in [-0.2, 0) is 18.6 Å². The van der Waals surface area contributed by atoms with Crippen LogP contribution in [0.2, 0.25) is 5.02 Å². The number of aryl methyl sites for hydroxylation is 2. The van der Waals surface area contributed by atoms with Crippen molar-refractivity contribution in [2.24, 2.45) is 0 Å². The molecule has 0 aliphatic heterocycles. The molecule has 0 aliphatic rings. The van der Waals surface area contributed by atoms with Gasteiger partial charge in [0.05, 0.1) is 28.0 Å². The van der Waals surface area contributed by atoms with Gasteiger partial charge >= 0.3 is 0 Å². The van der Waals surface area contributed by atoms with E-state index in [0.717, 1.165) is 0 Å². The maximum absolute atomic E-state index is 15.1. The molecule has 10 heteroatoms. The highest BCUT2D eigenvalue weighted by Crippen LogP contribution is 2.41. The molecule has 194 valence electrons. The fourth-order valence-corrected chi connectivity index (χ4v) is 4.87. The van der Waals surface area contributed by atoms with Gasteiger partial charge in [-0.05, 0) is 31.5 Å². The molecule has 0 radical (unpaired) electrons. The van der Waals surface area contributed by atoms with E-state index in [-0.39, 0.29) is 27.4 Å². The van der Waals surface area contributed by atoms with E-state index >= 15 is 8.78 Å². The molecule has 5 rings (SSSR count). The molecule has 0 unspecified atom stereocenters. The molecular weight excluding hydrogens is 512 g/mol. The summed E-state index contributed by atoms with van der Waals surface area (Å²) in [5, 5.41) is 23.8. The van der Waals surface area contributed by atoms with Gasteiger partial charge < -0.3 is 10.4 Å². The highest BCUT2D eigenvalue weighted by molar-refractivity contribution is 6.34. The number of hydrogen-bond acceptors (Lipinski definition) is 4. The van der Waals surface area contributed by atoms with Gasteiger partial charge in [0.2, 0.25) is 0 Å². The van der Waals surface area contributed by atoms with Crippen LogP contribution >= 0.6 is 11.6 Å². The minimum atomic E-state index is -2.27. The van der Waals surface area contributed by atoms with Crippen LogP contribution in [0.1, 0.15) is 46.6 Å². The minimum absolute atomic E-state index is 0.0352. The lowest BCUT2D eigenvalue weighted by molar-refractivity contribution is 0.102. The molecule has 3 aromatic heterocycles. The molecule has 0 saturated heterocycles. The Bertz CT molecular complexity index is 1620. The Balaban J connectivity index is 1.70. The first kappa shape index (κ1) is 25.6. The fraction of sp³-hybridized carbons (Fsp3) is 0.179. The minimum Gasteiger partial charge on any atom is -0.374 e. The summed E-state index contributed by atoms with van der Waals surface area (Å²) in [5.74, 6) is -1.90. The van der Waals surface area contributed by atoms with Gasteiger partial charge in [0, 0.05) is 35.6 Å². The molecule has 2 aromatic carbocycles.